The lowest BCUT2D eigenvalue weighted by atomic mass is 10.1. The molecule has 0 aromatic heterocycles. The van der Waals surface area contributed by atoms with Gasteiger partial charge in [-0.05, 0) is 24.1 Å². The maximum Gasteiger partial charge on any atom is 0.224 e. The summed E-state index contributed by atoms with van der Waals surface area (Å²) in [6.07, 6.45) is 1.36. The fraction of sp³-hybridized carbons (Fsp3) is 0.533. The van der Waals surface area contributed by atoms with Gasteiger partial charge in [0.1, 0.15) is 5.82 Å². The molecule has 0 radical (unpaired) electrons. The molecule has 1 aromatic carbocycles. The number of halogens is 1. The Morgan fingerprint density at radius 1 is 1.37 bits per heavy atom. The summed E-state index contributed by atoms with van der Waals surface area (Å²) in [6, 6.07) is 7.14. The van der Waals surface area contributed by atoms with E-state index in [1.807, 2.05) is 4.90 Å². The van der Waals surface area contributed by atoms with E-state index in [1.165, 1.54) is 12.1 Å². The first kappa shape index (κ1) is 14.0. The third kappa shape index (κ3) is 4.03. The largest absolute Gasteiger partial charge is 0.341 e. The van der Waals surface area contributed by atoms with Crippen molar-refractivity contribution in [3.05, 3.63) is 35.6 Å². The molecule has 1 atom stereocenters. The Morgan fingerprint density at radius 3 is 2.68 bits per heavy atom. The normalized spacial score (nSPS) is 19.5. The van der Waals surface area contributed by atoms with Crippen molar-refractivity contribution >= 4 is 5.91 Å². The molecule has 0 spiro atoms. The monoisotopic (exact) mass is 264 g/mol. The number of nitrogens with zero attached hydrogens (tertiary/aromatic N) is 1. The summed E-state index contributed by atoms with van der Waals surface area (Å²) in [5, 5.41) is 3.40. The fourth-order valence-electron chi connectivity index (χ4n) is 2.49. The highest BCUT2D eigenvalue weighted by atomic mass is 19.1. The Balaban J connectivity index is 1.83. The first-order valence-corrected chi connectivity index (χ1v) is 6.83. The van der Waals surface area contributed by atoms with Crippen LogP contribution in [0.25, 0.3) is 0 Å². The molecule has 0 aliphatic carbocycles. The van der Waals surface area contributed by atoms with E-state index in [-0.39, 0.29) is 17.8 Å². The molecule has 19 heavy (non-hydrogen) atoms. The molecule has 1 fully saturated rings. The van der Waals surface area contributed by atoms with Gasteiger partial charge in [0.2, 0.25) is 5.91 Å². The SMILES string of the molecule is CC(C)N[C@H]1CC(=O)N(CCc2ccc(F)cc2)C1. The fourth-order valence-corrected chi connectivity index (χ4v) is 2.49. The van der Waals surface area contributed by atoms with Crippen molar-refractivity contribution in [1.82, 2.24) is 10.2 Å². The quantitative estimate of drug-likeness (QED) is 0.882. The van der Waals surface area contributed by atoms with Gasteiger partial charge in [0.15, 0.2) is 0 Å². The molecule has 3 nitrogen and oxygen atoms in total. The third-order valence-electron chi connectivity index (χ3n) is 3.37. The van der Waals surface area contributed by atoms with Gasteiger partial charge >= 0.3 is 0 Å². The van der Waals surface area contributed by atoms with E-state index < -0.39 is 0 Å². The standard InChI is InChI=1S/C15H21FN2O/c1-11(2)17-14-9-15(19)18(10-14)8-7-12-3-5-13(16)6-4-12/h3-6,11,14,17H,7-10H2,1-2H3/t14-/m0/s1. The number of nitrogens with one attached hydrogen (secondary N) is 1. The van der Waals surface area contributed by atoms with E-state index in [1.54, 1.807) is 12.1 Å². The second-order valence-electron chi connectivity index (χ2n) is 5.44. The highest BCUT2D eigenvalue weighted by Crippen LogP contribution is 2.13. The van der Waals surface area contributed by atoms with Crippen molar-refractivity contribution in [2.75, 3.05) is 13.1 Å². The topological polar surface area (TPSA) is 32.3 Å². The molecule has 1 N–H and O–H groups in total. The van der Waals surface area contributed by atoms with Gasteiger partial charge in [0, 0.05) is 31.6 Å². The second-order valence-corrected chi connectivity index (χ2v) is 5.44. The number of hydrogen-bond donors (Lipinski definition) is 1. The summed E-state index contributed by atoms with van der Waals surface area (Å²) in [5.74, 6) is -0.0116. The van der Waals surface area contributed by atoms with Crippen LogP contribution in [-0.2, 0) is 11.2 Å². The van der Waals surface area contributed by atoms with Gasteiger partial charge < -0.3 is 10.2 Å². The van der Waals surface area contributed by atoms with Crippen molar-refractivity contribution < 1.29 is 9.18 Å². The Hall–Kier alpha value is -1.42. The molecule has 1 saturated heterocycles. The highest BCUT2D eigenvalue weighted by Gasteiger charge is 2.29. The van der Waals surface area contributed by atoms with Crippen LogP contribution in [0.4, 0.5) is 4.39 Å². The molecule has 4 heteroatoms. The lowest BCUT2D eigenvalue weighted by Crippen LogP contribution is -2.37. The van der Waals surface area contributed by atoms with E-state index in [0.717, 1.165) is 18.5 Å². The number of rotatable bonds is 5. The lowest BCUT2D eigenvalue weighted by molar-refractivity contribution is -0.127. The van der Waals surface area contributed by atoms with Crippen molar-refractivity contribution in [1.29, 1.82) is 0 Å². The van der Waals surface area contributed by atoms with E-state index >= 15 is 0 Å². The molecule has 0 unspecified atom stereocenters. The van der Waals surface area contributed by atoms with Gasteiger partial charge in [0.25, 0.3) is 0 Å². The van der Waals surface area contributed by atoms with Crippen LogP contribution in [0, 0.1) is 5.82 Å². The van der Waals surface area contributed by atoms with Crippen molar-refractivity contribution in [3.63, 3.8) is 0 Å². The average molecular weight is 264 g/mol. The number of hydrogen-bond acceptors (Lipinski definition) is 2. The molecule has 1 aliphatic rings. The zero-order valence-electron chi connectivity index (χ0n) is 11.5. The highest BCUT2D eigenvalue weighted by molar-refractivity contribution is 5.79. The molecular formula is C15H21FN2O. The van der Waals surface area contributed by atoms with Crippen molar-refractivity contribution in [3.8, 4) is 0 Å². The molecule has 2 rings (SSSR count). The first-order chi connectivity index (χ1) is 9.04. The van der Waals surface area contributed by atoms with Crippen molar-refractivity contribution in [2.24, 2.45) is 0 Å². The van der Waals surface area contributed by atoms with Crippen LogP contribution >= 0.6 is 0 Å². The van der Waals surface area contributed by atoms with Crippen LogP contribution in [0.3, 0.4) is 0 Å². The molecule has 1 aromatic rings. The summed E-state index contributed by atoms with van der Waals surface area (Å²) in [4.78, 5) is 13.8. The Kier molecular flexibility index (Phi) is 4.53. The zero-order valence-corrected chi connectivity index (χ0v) is 11.5. The minimum atomic E-state index is -0.220. The van der Waals surface area contributed by atoms with Gasteiger partial charge in [-0.3, -0.25) is 4.79 Å². The second kappa shape index (κ2) is 6.15. The number of likely N-dealkylation sites (tertiary alicyclic amines) is 1. The van der Waals surface area contributed by atoms with E-state index in [0.29, 0.717) is 19.0 Å². The van der Waals surface area contributed by atoms with Gasteiger partial charge in [0.05, 0.1) is 0 Å². The van der Waals surface area contributed by atoms with Crippen LogP contribution in [0.5, 0.6) is 0 Å². The molecule has 0 bridgehead atoms. The maximum atomic E-state index is 12.8. The van der Waals surface area contributed by atoms with E-state index in [2.05, 4.69) is 19.2 Å². The number of carbonyl (C=O) groups excluding carboxylic acids is 1. The number of carbonyl (C=O) groups is 1. The van der Waals surface area contributed by atoms with Gasteiger partial charge in [-0.2, -0.15) is 0 Å². The van der Waals surface area contributed by atoms with Gasteiger partial charge in [-0.15, -0.1) is 0 Å². The zero-order chi connectivity index (χ0) is 13.8. The summed E-state index contributed by atoms with van der Waals surface area (Å²) in [6.45, 7) is 5.66. The molecule has 0 saturated carbocycles. The summed E-state index contributed by atoms with van der Waals surface area (Å²) in [7, 11) is 0. The Morgan fingerprint density at radius 2 is 2.05 bits per heavy atom. The van der Waals surface area contributed by atoms with Crippen LogP contribution in [-0.4, -0.2) is 36.0 Å². The Bertz CT molecular complexity index is 430. The predicted molar refractivity (Wildman–Crippen MR) is 73.4 cm³/mol. The average Bonchev–Trinajstić information content (AvgIpc) is 2.68. The maximum absolute atomic E-state index is 12.8. The summed E-state index contributed by atoms with van der Waals surface area (Å²) >= 11 is 0. The molecule has 1 aliphatic heterocycles. The van der Waals surface area contributed by atoms with Crippen LogP contribution in [0.2, 0.25) is 0 Å². The van der Waals surface area contributed by atoms with Crippen LogP contribution < -0.4 is 5.32 Å². The smallest absolute Gasteiger partial charge is 0.224 e. The van der Waals surface area contributed by atoms with Crippen molar-refractivity contribution in [2.45, 2.75) is 38.8 Å². The summed E-state index contributed by atoms with van der Waals surface area (Å²) < 4.78 is 12.8. The summed E-state index contributed by atoms with van der Waals surface area (Å²) in [5.41, 5.74) is 1.06. The van der Waals surface area contributed by atoms with Crippen LogP contribution in [0.15, 0.2) is 24.3 Å². The molecule has 104 valence electrons. The minimum absolute atomic E-state index is 0.209. The van der Waals surface area contributed by atoms with Gasteiger partial charge in [-0.1, -0.05) is 26.0 Å². The van der Waals surface area contributed by atoms with Gasteiger partial charge in [-0.25, -0.2) is 4.39 Å². The molecule has 1 heterocycles. The third-order valence-corrected chi connectivity index (χ3v) is 3.37. The predicted octanol–water partition coefficient (Wildman–Crippen LogP) is 1.97. The lowest BCUT2D eigenvalue weighted by Gasteiger charge is -2.18. The number of benzene rings is 1. The Labute approximate surface area is 113 Å². The first-order valence-electron chi connectivity index (χ1n) is 6.83. The van der Waals surface area contributed by atoms with E-state index in [4.69, 9.17) is 0 Å². The minimum Gasteiger partial charge on any atom is -0.341 e. The molecular weight excluding hydrogens is 243 g/mol. The molecule has 1 amide bonds. The van der Waals surface area contributed by atoms with Crippen LogP contribution in [0.1, 0.15) is 25.8 Å². The van der Waals surface area contributed by atoms with E-state index in [9.17, 15) is 9.18 Å². The number of amides is 1.